The topological polar surface area (TPSA) is 102 Å². The number of carbonyl (C=O) groups excluding carboxylic acids is 1. The number of aliphatic imine (C=N–C) groups is 1. The molecule has 0 atom stereocenters. The number of alkyl halides is 2. The van der Waals surface area contributed by atoms with Gasteiger partial charge in [-0.15, -0.1) is 0 Å². The van der Waals surface area contributed by atoms with E-state index in [-0.39, 0.29) is 19.1 Å². The lowest BCUT2D eigenvalue weighted by molar-refractivity contribution is -0.0505. The van der Waals surface area contributed by atoms with Gasteiger partial charge in [-0.25, -0.2) is 4.79 Å². The van der Waals surface area contributed by atoms with Crippen molar-refractivity contribution in [1.82, 2.24) is 16.0 Å². The Morgan fingerprint density at radius 2 is 1.83 bits per heavy atom. The number of nitrogens with one attached hydrogen (secondary N) is 3. The molecule has 3 N–H and O–H groups in total. The standard InChI is InChI=1S/C18H26F2N4O5/c1-18(2,3)29-17(25)23-6-5-22-16(21-4)24-9-11-7-13-14(27-10-26-13)8-12(11)28-15(19)20/h7-8,15H,5-6,9-10H2,1-4H3,(H,23,25)(H2,21,22,24). The second-order valence-electron chi connectivity index (χ2n) is 6.97. The number of ether oxygens (including phenoxy) is 4. The maximum Gasteiger partial charge on any atom is 0.407 e. The van der Waals surface area contributed by atoms with Crippen LogP contribution in [0.4, 0.5) is 13.6 Å². The number of fused-ring (bicyclic) bond motifs is 1. The molecule has 1 aliphatic heterocycles. The van der Waals surface area contributed by atoms with Gasteiger partial charge in [0.15, 0.2) is 17.5 Å². The summed E-state index contributed by atoms with van der Waals surface area (Å²) in [5.74, 6) is 1.20. The summed E-state index contributed by atoms with van der Waals surface area (Å²) < 4.78 is 45.6. The van der Waals surface area contributed by atoms with E-state index in [4.69, 9.17) is 14.2 Å². The largest absolute Gasteiger partial charge is 0.454 e. The summed E-state index contributed by atoms with van der Waals surface area (Å²) in [6.07, 6.45) is -0.517. The van der Waals surface area contributed by atoms with Crippen LogP contribution in [0, 0.1) is 0 Å². The van der Waals surface area contributed by atoms with Gasteiger partial charge in [0, 0.05) is 38.3 Å². The molecule has 0 saturated heterocycles. The molecular weight excluding hydrogens is 390 g/mol. The number of hydrogen-bond donors (Lipinski definition) is 3. The van der Waals surface area contributed by atoms with E-state index in [1.54, 1.807) is 33.9 Å². The molecule has 0 radical (unpaired) electrons. The monoisotopic (exact) mass is 416 g/mol. The molecule has 1 aromatic carbocycles. The number of alkyl carbamates (subject to hydrolysis) is 1. The van der Waals surface area contributed by atoms with Gasteiger partial charge >= 0.3 is 12.7 Å². The van der Waals surface area contributed by atoms with Gasteiger partial charge in [-0.2, -0.15) is 8.78 Å². The van der Waals surface area contributed by atoms with Crippen molar-refractivity contribution in [2.24, 2.45) is 4.99 Å². The average molecular weight is 416 g/mol. The molecule has 9 nitrogen and oxygen atoms in total. The van der Waals surface area contributed by atoms with Crippen molar-refractivity contribution in [1.29, 1.82) is 0 Å². The molecule has 1 aliphatic rings. The van der Waals surface area contributed by atoms with Crippen molar-refractivity contribution >= 4 is 12.1 Å². The van der Waals surface area contributed by atoms with Crippen molar-refractivity contribution in [3.63, 3.8) is 0 Å². The third-order valence-corrected chi connectivity index (χ3v) is 3.53. The predicted molar refractivity (Wildman–Crippen MR) is 102 cm³/mol. The van der Waals surface area contributed by atoms with Crippen LogP contribution in [-0.4, -0.2) is 51.2 Å². The second kappa shape index (κ2) is 9.99. The fourth-order valence-corrected chi connectivity index (χ4v) is 2.37. The number of rotatable bonds is 7. The Kier molecular flexibility index (Phi) is 7.68. The number of benzene rings is 1. The van der Waals surface area contributed by atoms with E-state index >= 15 is 0 Å². The first-order valence-corrected chi connectivity index (χ1v) is 8.96. The molecule has 0 aliphatic carbocycles. The minimum atomic E-state index is -2.97. The van der Waals surface area contributed by atoms with Crippen LogP contribution in [0.25, 0.3) is 0 Å². The molecule has 0 saturated carbocycles. The normalized spacial score (nSPS) is 13.3. The lowest BCUT2D eigenvalue weighted by Crippen LogP contribution is -2.42. The number of amides is 1. The molecule has 11 heteroatoms. The fraction of sp³-hybridized carbons (Fsp3) is 0.556. The van der Waals surface area contributed by atoms with Gasteiger partial charge in [0.25, 0.3) is 0 Å². The molecule has 1 aromatic rings. The third-order valence-electron chi connectivity index (χ3n) is 3.53. The van der Waals surface area contributed by atoms with E-state index in [2.05, 4.69) is 25.7 Å². The van der Waals surface area contributed by atoms with Gasteiger partial charge in [0.05, 0.1) is 0 Å². The van der Waals surface area contributed by atoms with Crippen molar-refractivity contribution < 1.29 is 32.5 Å². The summed E-state index contributed by atoms with van der Waals surface area (Å²) in [6, 6.07) is 2.94. The number of nitrogens with zero attached hydrogens (tertiary/aromatic N) is 1. The SMILES string of the molecule is CN=C(NCCNC(=O)OC(C)(C)C)NCc1cc2c(cc1OC(F)F)OCO2. The summed E-state index contributed by atoms with van der Waals surface area (Å²) in [5, 5.41) is 8.60. The predicted octanol–water partition coefficient (Wildman–Crippen LogP) is 2.21. The second-order valence-corrected chi connectivity index (χ2v) is 6.97. The first-order chi connectivity index (χ1) is 13.7. The Hall–Kier alpha value is -2.98. The first kappa shape index (κ1) is 22.3. The van der Waals surface area contributed by atoms with Crippen LogP contribution in [-0.2, 0) is 11.3 Å². The zero-order valence-electron chi connectivity index (χ0n) is 16.8. The lowest BCUT2D eigenvalue weighted by Gasteiger charge is -2.20. The molecule has 1 amide bonds. The molecule has 2 rings (SSSR count). The quantitative estimate of drug-likeness (QED) is 0.356. The van der Waals surface area contributed by atoms with Crippen molar-refractivity contribution in [3.05, 3.63) is 17.7 Å². The summed E-state index contributed by atoms with van der Waals surface area (Å²) in [4.78, 5) is 15.6. The van der Waals surface area contributed by atoms with Gasteiger partial charge in [-0.1, -0.05) is 0 Å². The van der Waals surface area contributed by atoms with Crippen LogP contribution in [0.5, 0.6) is 17.2 Å². The summed E-state index contributed by atoms with van der Waals surface area (Å²) in [7, 11) is 1.56. The molecule has 29 heavy (non-hydrogen) atoms. The molecular formula is C18H26F2N4O5. The highest BCUT2D eigenvalue weighted by Crippen LogP contribution is 2.38. The Balaban J connectivity index is 1.85. The van der Waals surface area contributed by atoms with E-state index in [0.717, 1.165) is 0 Å². The van der Waals surface area contributed by atoms with Gasteiger partial charge in [-0.3, -0.25) is 4.99 Å². The maximum absolute atomic E-state index is 12.7. The van der Waals surface area contributed by atoms with Crippen LogP contribution in [0.15, 0.2) is 17.1 Å². The highest BCUT2D eigenvalue weighted by molar-refractivity contribution is 5.79. The number of guanidine groups is 1. The van der Waals surface area contributed by atoms with Gasteiger partial charge in [-0.05, 0) is 26.8 Å². The molecule has 162 valence electrons. The van der Waals surface area contributed by atoms with Crippen molar-refractivity contribution in [3.8, 4) is 17.2 Å². The maximum atomic E-state index is 12.7. The number of hydrogen-bond acceptors (Lipinski definition) is 6. The molecule has 0 spiro atoms. The molecule has 0 unspecified atom stereocenters. The fourth-order valence-electron chi connectivity index (χ4n) is 2.37. The molecule has 0 bridgehead atoms. The zero-order valence-corrected chi connectivity index (χ0v) is 16.8. The average Bonchev–Trinajstić information content (AvgIpc) is 3.06. The smallest absolute Gasteiger partial charge is 0.407 e. The van der Waals surface area contributed by atoms with Gasteiger partial charge < -0.3 is 34.9 Å². The van der Waals surface area contributed by atoms with E-state index in [9.17, 15) is 13.6 Å². The Bertz CT molecular complexity index is 738. The van der Waals surface area contributed by atoms with Crippen LogP contribution in [0.1, 0.15) is 26.3 Å². The molecule has 1 heterocycles. The summed E-state index contributed by atoms with van der Waals surface area (Å²) >= 11 is 0. The Labute approximate surface area is 167 Å². The van der Waals surface area contributed by atoms with Crippen LogP contribution < -0.4 is 30.2 Å². The van der Waals surface area contributed by atoms with E-state index < -0.39 is 18.3 Å². The molecule has 0 fully saturated rings. The van der Waals surface area contributed by atoms with Crippen LogP contribution in [0.2, 0.25) is 0 Å². The van der Waals surface area contributed by atoms with E-state index in [1.807, 2.05) is 0 Å². The third kappa shape index (κ3) is 7.51. The number of halogens is 2. The minimum absolute atomic E-state index is 0.0150. The zero-order chi connectivity index (χ0) is 21.4. The summed E-state index contributed by atoms with van der Waals surface area (Å²) in [5.41, 5.74) is -0.123. The summed E-state index contributed by atoms with van der Waals surface area (Å²) in [6.45, 7) is 3.22. The Morgan fingerprint density at radius 1 is 1.17 bits per heavy atom. The van der Waals surface area contributed by atoms with E-state index in [0.29, 0.717) is 36.1 Å². The van der Waals surface area contributed by atoms with Crippen LogP contribution >= 0.6 is 0 Å². The van der Waals surface area contributed by atoms with Crippen molar-refractivity contribution in [2.45, 2.75) is 39.5 Å². The van der Waals surface area contributed by atoms with Gasteiger partial charge in [0.2, 0.25) is 6.79 Å². The lowest BCUT2D eigenvalue weighted by atomic mass is 10.1. The highest BCUT2D eigenvalue weighted by Gasteiger charge is 2.20. The van der Waals surface area contributed by atoms with E-state index in [1.165, 1.54) is 6.07 Å². The van der Waals surface area contributed by atoms with Gasteiger partial charge in [0.1, 0.15) is 11.4 Å². The molecule has 0 aromatic heterocycles. The highest BCUT2D eigenvalue weighted by atomic mass is 19.3. The minimum Gasteiger partial charge on any atom is -0.454 e. The Morgan fingerprint density at radius 3 is 2.45 bits per heavy atom. The van der Waals surface area contributed by atoms with Crippen LogP contribution in [0.3, 0.4) is 0 Å². The number of carbonyl (C=O) groups is 1. The van der Waals surface area contributed by atoms with Crippen molar-refractivity contribution in [2.75, 3.05) is 26.9 Å². The first-order valence-electron chi connectivity index (χ1n) is 8.96.